The first-order chi connectivity index (χ1) is 9.33. The third-order valence-electron chi connectivity index (χ3n) is 2.64. The van der Waals surface area contributed by atoms with Crippen molar-refractivity contribution >= 4 is 5.69 Å². The zero-order valence-corrected chi connectivity index (χ0v) is 11.5. The van der Waals surface area contributed by atoms with Gasteiger partial charge >= 0.3 is 0 Å². The van der Waals surface area contributed by atoms with Crippen LogP contribution in [0.25, 0.3) is 0 Å². The highest BCUT2D eigenvalue weighted by molar-refractivity contribution is 5.42. The number of anilines is 1. The van der Waals surface area contributed by atoms with E-state index in [2.05, 4.69) is 36.5 Å². The van der Waals surface area contributed by atoms with Gasteiger partial charge in [-0.25, -0.2) is 0 Å². The first-order valence-electron chi connectivity index (χ1n) is 6.86. The Morgan fingerprint density at radius 1 is 0.842 bits per heavy atom. The highest BCUT2D eigenvalue weighted by Crippen LogP contribution is 2.05. The molecule has 2 aromatic carbocycles. The lowest BCUT2D eigenvalue weighted by Gasteiger charge is -2.04. The fourth-order valence-electron chi connectivity index (χ4n) is 1.59. The maximum Gasteiger partial charge on any atom is 0.115 e. The molecule has 0 saturated carbocycles. The van der Waals surface area contributed by atoms with Gasteiger partial charge in [-0.3, -0.25) is 0 Å². The Balaban J connectivity index is 0.000000218. The molecule has 2 N–H and O–H groups in total. The summed E-state index contributed by atoms with van der Waals surface area (Å²) in [6.07, 6.45) is 3.88. The summed E-state index contributed by atoms with van der Waals surface area (Å²) in [4.78, 5) is 0. The molecule has 102 valence electrons. The van der Waals surface area contributed by atoms with Crippen molar-refractivity contribution < 1.29 is 5.11 Å². The lowest BCUT2D eigenvalue weighted by atomic mass is 10.2. The normalized spacial score (nSPS) is 9.32. The van der Waals surface area contributed by atoms with Gasteiger partial charge < -0.3 is 10.4 Å². The topological polar surface area (TPSA) is 32.3 Å². The lowest BCUT2D eigenvalue weighted by Crippen LogP contribution is -2.00. The fourth-order valence-corrected chi connectivity index (χ4v) is 1.59. The number of rotatable bonds is 5. The average molecular weight is 257 g/mol. The molecule has 0 spiro atoms. The van der Waals surface area contributed by atoms with Crippen molar-refractivity contribution in [1.29, 1.82) is 0 Å². The van der Waals surface area contributed by atoms with Crippen molar-refractivity contribution in [1.82, 2.24) is 0 Å². The maximum absolute atomic E-state index is 8.63. The molecule has 19 heavy (non-hydrogen) atoms. The Bertz CT molecular complexity index is 414. The predicted octanol–water partition coefficient (Wildman–Crippen LogP) is 4.68. The van der Waals surface area contributed by atoms with Gasteiger partial charge in [-0.05, 0) is 30.7 Å². The molecule has 2 rings (SSSR count). The molecule has 0 atom stereocenters. The van der Waals surface area contributed by atoms with Crippen molar-refractivity contribution in [3.8, 4) is 5.75 Å². The van der Waals surface area contributed by atoms with Gasteiger partial charge in [0, 0.05) is 12.2 Å². The Morgan fingerprint density at radius 3 is 1.89 bits per heavy atom. The van der Waals surface area contributed by atoms with E-state index >= 15 is 0 Å². The van der Waals surface area contributed by atoms with Crippen LogP contribution in [0.4, 0.5) is 5.69 Å². The average Bonchev–Trinajstić information content (AvgIpc) is 2.46. The van der Waals surface area contributed by atoms with Crippen LogP contribution in [0.1, 0.15) is 26.2 Å². The van der Waals surface area contributed by atoms with Crippen LogP contribution in [0.5, 0.6) is 5.75 Å². The molecule has 0 amide bonds. The third kappa shape index (κ3) is 7.87. The highest BCUT2D eigenvalue weighted by Gasteiger charge is 1.87. The number of para-hydroxylation sites is 2. The quantitative estimate of drug-likeness (QED) is 0.762. The minimum absolute atomic E-state index is 0.322. The molecule has 0 aromatic heterocycles. The van der Waals surface area contributed by atoms with Gasteiger partial charge in [0.2, 0.25) is 0 Å². The largest absolute Gasteiger partial charge is 0.508 e. The predicted molar refractivity (Wildman–Crippen MR) is 82.6 cm³/mol. The highest BCUT2D eigenvalue weighted by atomic mass is 16.3. The van der Waals surface area contributed by atoms with Crippen LogP contribution in [0, 0.1) is 0 Å². The van der Waals surface area contributed by atoms with Crippen LogP contribution in [-0.4, -0.2) is 11.7 Å². The first kappa shape index (κ1) is 15.1. The monoisotopic (exact) mass is 257 g/mol. The number of hydrogen-bond acceptors (Lipinski definition) is 2. The molecule has 0 unspecified atom stereocenters. The van der Waals surface area contributed by atoms with Gasteiger partial charge in [0.05, 0.1) is 0 Å². The van der Waals surface area contributed by atoms with Gasteiger partial charge in [-0.2, -0.15) is 0 Å². The molecule has 2 heteroatoms. The van der Waals surface area contributed by atoms with E-state index < -0.39 is 0 Å². The van der Waals surface area contributed by atoms with E-state index in [0.29, 0.717) is 5.75 Å². The maximum atomic E-state index is 8.63. The summed E-state index contributed by atoms with van der Waals surface area (Å²) < 4.78 is 0. The van der Waals surface area contributed by atoms with Gasteiger partial charge in [0.25, 0.3) is 0 Å². The number of unbranched alkanes of at least 4 members (excludes halogenated alkanes) is 2. The van der Waals surface area contributed by atoms with Gasteiger partial charge in [0.15, 0.2) is 0 Å². The van der Waals surface area contributed by atoms with Crippen LogP contribution in [0.3, 0.4) is 0 Å². The molecular formula is C17H23NO. The van der Waals surface area contributed by atoms with E-state index in [9.17, 15) is 0 Å². The van der Waals surface area contributed by atoms with Crippen LogP contribution in [0.15, 0.2) is 60.7 Å². The molecule has 0 aliphatic heterocycles. The summed E-state index contributed by atoms with van der Waals surface area (Å²) in [5.74, 6) is 0.322. The van der Waals surface area contributed by atoms with Crippen molar-refractivity contribution in [2.45, 2.75) is 26.2 Å². The summed E-state index contributed by atoms with van der Waals surface area (Å²) in [5, 5.41) is 12.0. The Kier molecular flexibility index (Phi) is 7.95. The Hall–Kier alpha value is -1.96. The van der Waals surface area contributed by atoms with Gasteiger partial charge in [0.1, 0.15) is 5.75 Å². The molecule has 2 aromatic rings. The van der Waals surface area contributed by atoms with E-state index in [4.69, 9.17) is 5.11 Å². The fraction of sp³-hybridized carbons (Fsp3) is 0.294. The van der Waals surface area contributed by atoms with Crippen molar-refractivity contribution in [2.24, 2.45) is 0 Å². The molecular weight excluding hydrogens is 234 g/mol. The number of hydrogen-bond donors (Lipinski definition) is 2. The second kappa shape index (κ2) is 10.0. The number of benzene rings is 2. The van der Waals surface area contributed by atoms with Crippen LogP contribution >= 0.6 is 0 Å². The van der Waals surface area contributed by atoms with E-state index in [1.54, 1.807) is 24.3 Å². The number of aromatic hydroxyl groups is 1. The number of phenolic OH excluding ortho intramolecular Hbond substituents is 1. The van der Waals surface area contributed by atoms with Gasteiger partial charge in [-0.1, -0.05) is 56.2 Å². The van der Waals surface area contributed by atoms with Crippen molar-refractivity contribution in [3.05, 3.63) is 60.7 Å². The standard InChI is InChI=1S/C11H17N.C6H6O/c1-2-3-7-10-12-11-8-5-4-6-9-11;7-6-4-2-1-3-5-6/h4-6,8-9,12H,2-3,7,10H2,1H3;1-5,7H. The molecule has 0 bridgehead atoms. The summed E-state index contributed by atoms with van der Waals surface area (Å²) in [5.41, 5.74) is 1.23. The minimum Gasteiger partial charge on any atom is -0.508 e. The minimum atomic E-state index is 0.322. The molecule has 0 radical (unpaired) electrons. The second-order valence-electron chi connectivity index (χ2n) is 4.34. The number of nitrogens with one attached hydrogen (secondary N) is 1. The zero-order valence-electron chi connectivity index (χ0n) is 11.5. The second-order valence-corrected chi connectivity index (χ2v) is 4.34. The van der Waals surface area contributed by atoms with Crippen LogP contribution in [0.2, 0.25) is 0 Å². The van der Waals surface area contributed by atoms with Crippen molar-refractivity contribution in [3.63, 3.8) is 0 Å². The third-order valence-corrected chi connectivity index (χ3v) is 2.64. The van der Waals surface area contributed by atoms with Crippen LogP contribution in [-0.2, 0) is 0 Å². The molecule has 2 nitrogen and oxygen atoms in total. The summed E-state index contributed by atoms with van der Waals surface area (Å²) in [6, 6.07) is 19.1. The molecule has 0 aliphatic carbocycles. The Labute approximate surface area is 116 Å². The summed E-state index contributed by atoms with van der Waals surface area (Å²) in [6.45, 7) is 3.32. The van der Waals surface area contributed by atoms with Crippen molar-refractivity contribution in [2.75, 3.05) is 11.9 Å². The van der Waals surface area contributed by atoms with Gasteiger partial charge in [-0.15, -0.1) is 0 Å². The lowest BCUT2D eigenvalue weighted by molar-refractivity contribution is 0.475. The molecule has 0 fully saturated rings. The Morgan fingerprint density at radius 2 is 1.42 bits per heavy atom. The summed E-state index contributed by atoms with van der Waals surface area (Å²) >= 11 is 0. The molecule has 0 aliphatic rings. The van der Waals surface area contributed by atoms with E-state index in [-0.39, 0.29) is 0 Å². The smallest absolute Gasteiger partial charge is 0.115 e. The number of phenols is 1. The summed E-state index contributed by atoms with van der Waals surface area (Å²) in [7, 11) is 0. The SMILES string of the molecule is CCCCCNc1ccccc1.Oc1ccccc1. The van der Waals surface area contributed by atoms with Crippen LogP contribution < -0.4 is 5.32 Å². The van der Waals surface area contributed by atoms with E-state index in [1.165, 1.54) is 24.9 Å². The molecule has 0 heterocycles. The molecule has 0 saturated heterocycles. The van der Waals surface area contributed by atoms with E-state index in [1.807, 2.05) is 12.1 Å². The first-order valence-corrected chi connectivity index (χ1v) is 6.86. The zero-order chi connectivity index (χ0) is 13.8. The van der Waals surface area contributed by atoms with E-state index in [0.717, 1.165) is 6.54 Å².